The molecular weight excluding hydrogens is 510 g/mol. The van der Waals surface area contributed by atoms with E-state index in [9.17, 15) is 4.79 Å². The van der Waals surface area contributed by atoms with Gasteiger partial charge in [-0.3, -0.25) is 4.79 Å². The van der Waals surface area contributed by atoms with Crippen molar-refractivity contribution < 1.29 is 33.2 Å². The molecule has 0 fully saturated rings. The van der Waals surface area contributed by atoms with Crippen LogP contribution in [0, 0.1) is 10.7 Å². The fraction of sp³-hybridized carbons (Fsp3) is 0.704. The van der Waals surface area contributed by atoms with Crippen molar-refractivity contribution in [2.75, 3.05) is 79.2 Å². The zero-order chi connectivity index (χ0) is 27.9. The summed E-state index contributed by atoms with van der Waals surface area (Å²) in [5, 5.41) is 17.4. The standard InChI is InChI=1S/C27H45N3O7S/c1-5-32-18-19-37-27(4,38-22-28)21-36-25-9-6-8-24(20-25)26(31)30-11-13-34-15-17-35-16-14-33-12-7-10-29-23(2)3/h6,8-9,20,23,29H,5,7,10-19,21H2,1-4H3,(H,30,31). The third kappa shape index (κ3) is 17.6. The van der Waals surface area contributed by atoms with Crippen molar-refractivity contribution in [3.05, 3.63) is 29.8 Å². The lowest BCUT2D eigenvalue weighted by molar-refractivity contribution is -0.0227. The molecule has 0 bridgehead atoms. The fourth-order valence-electron chi connectivity index (χ4n) is 3.05. The first-order chi connectivity index (χ1) is 18.4. The van der Waals surface area contributed by atoms with Gasteiger partial charge in [-0.05, 0) is 56.8 Å². The molecule has 1 aromatic carbocycles. The van der Waals surface area contributed by atoms with Crippen molar-refractivity contribution in [1.29, 1.82) is 5.26 Å². The molecule has 38 heavy (non-hydrogen) atoms. The van der Waals surface area contributed by atoms with Gasteiger partial charge in [0.2, 0.25) is 0 Å². The molecular formula is C27H45N3O7S. The minimum Gasteiger partial charge on any atom is -0.490 e. The number of hydrogen-bond acceptors (Lipinski definition) is 10. The minimum absolute atomic E-state index is 0.139. The molecule has 0 spiro atoms. The lowest BCUT2D eigenvalue weighted by Crippen LogP contribution is -2.33. The monoisotopic (exact) mass is 555 g/mol. The summed E-state index contributed by atoms with van der Waals surface area (Å²) in [7, 11) is 0. The zero-order valence-corrected chi connectivity index (χ0v) is 24.1. The summed E-state index contributed by atoms with van der Waals surface area (Å²) in [4.78, 5) is 11.6. The lowest BCUT2D eigenvalue weighted by Gasteiger charge is -2.26. The van der Waals surface area contributed by atoms with Gasteiger partial charge in [0.25, 0.3) is 5.91 Å². The summed E-state index contributed by atoms with van der Waals surface area (Å²) < 4.78 is 33.4. The van der Waals surface area contributed by atoms with E-state index in [0.717, 1.165) is 31.3 Å². The molecule has 1 aromatic rings. The number of carbonyl (C=O) groups is 1. The number of nitrogens with zero attached hydrogens (tertiary/aromatic N) is 1. The molecule has 1 atom stereocenters. The summed E-state index contributed by atoms with van der Waals surface area (Å²) in [6.07, 6.45) is 0.982. The number of ether oxygens (including phenoxy) is 6. The number of nitrogens with one attached hydrogen (secondary N) is 2. The number of amides is 1. The van der Waals surface area contributed by atoms with E-state index in [1.54, 1.807) is 31.2 Å². The Morgan fingerprint density at radius 3 is 2.37 bits per heavy atom. The van der Waals surface area contributed by atoms with E-state index < -0.39 is 4.93 Å². The minimum atomic E-state index is -0.858. The van der Waals surface area contributed by atoms with Crippen LogP contribution in [0.15, 0.2) is 24.3 Å². The van der Waals surface area contributed by atoms with Gasteiger partial charge >= 0.3 is 0 Å². The molecule has 0 aliphatic carbocycles. The molecule has 0 aromatic heterocycles. The van der Waals surface area contributed by atoms with Crippen LogP contribution in [-0.4, -0.2) is 96.0 Å². The predicted octanol–water partition coefficient (Wildman–Crippen LogP) is 3.22. The first kappa shape index (κ1) is 34.1. The van der Waals surface area contributed by atoms with Crippen molar-refractivity contribution >= 4 is 17.7 Å². The van der Waals surface area contributed by atoms with Crippen molar-refractivity contribution in [3.63, 3.8) is 0 Å². The van der Waals surface area contributed by atoms with E-state index in [1.807, 2.05) is 6.92 Å². The maximum absolute atomic E-state index is 12.5. The highest BCUT2D eigenvalue weighted by atomic mass is 32.2. The first-order valence-corrected chi connectivity index (χ1v) is 14.0. The van der Waals surface area contributed by atoms with Crippen LogP contribution in [0.5, 0.6) is 5.75 Å². The Hall–Kier alpha value is -1.91. The largest absolute Gasteiger partial charge is 0.490 e. The van der Waals surface area contributed by atoms with E-state index >= 15 is 0 Å². The quantitative estimate of drug-likeness (QED) is 0.112. The Morgan fingerprint density at radius 1 is 1.00 bits per heavy atom. The second-order valence-electron chi connectivity index (χ2n) is 8.74. The second-order valence-corrected chi connectivity index (χ2v) is 9.99. The molecule has 2 N–H and O–H groups in total. The Morgan fingerprint density at radius 2 is 1.68 bits per heavy atom. The Balaban J connectivity index is 2.19. The summed E-state index contributed by atoms with van der Waals surface area (Å²) >= 11 is 0.986. The number of thiocyanates is 1. The molecule has 0 saturated heterocycles. The fourth-order valence-corrected chi connectivity index (χ4v) is 3.50. The molecule has 0 saturated carbocycles. The molecule has 0 heterocycles. The number of rotatable bonds is 24. The maximum atomic E-state index is 12.5. The normalized spacial score (nSPS) is 12.7. The van der Waals surface area contributed by atoms with Crippen LogP contribution in [0.1, 0.15) is 44.5 Å². The molecule has 0 aliphatic rings. The van der Waals surface area contributed by atoms with Crippen LogP contribution >= 0.6 is 11.8 Å². The highest BCUT2D eigenvalue weighted by molar-refractivity contribution is 8.04. The number of hydrogen-bond donors (Lipinski definition) is 2. The van der Waals surface area contributed by atoms with Gasteiger partial charge in [-0.15, -0.1) is 0 Å². The number of thioether (sulfide) groups is 1. The lowest BCUT2D eigenvalue weighted by atomic mass is 10.2. The van der Waals surface area contributed by atoms with Crippen LogP contribution < -0.4 is 15.4 Å². The molecule has 0 radical (unpaired) electrons. The van der Waals surface area contributed by atoms with Crippen LogP contribution in [0.2, 0.25) is 0 Å². The zero-order valence-electron chi connectivity index (χ0n) is 23.3. The third-order valence-corrected chi connectivity index (χ3v) is 5.75. The van der Waals surface area contributed by atoms with Gasteiger partial charge in [0.1, 0.15) is 17.8 Å². The number of nitriles is 1. The van der Waals surface area contributed by atoms with E-state index in [-0.39, 0.29) is 12.5 Å². The summed E-state index contributed by atoms with van der Waals surface area (Å²) in [6.45, 7) is 13.9. The van der Waals surface area contributed by atoms with Gasteiger partial charge in [0.05, 0.1) is 46.2 Å². The summed E-state index contributed by atoms with van der Waals surface area (Å²) in [5.74, 6) is 0.290. The van der Waals surface area contributed by atoms with Gasteiger partial charge < -0.3 is 39.1 Å². The van der Waals surface area contributed by atoms with E-state index in [0.29, 0.717) is 76.8 Å². The van der Waals surface area contributed by atoms with Gasteiger partial charge in [-0.25, -0.2) is 0 Å². The van der Waals surface area contributed by atoms with Gasteiger partial charge in [0, 0.05) is 31.4 Å². The van der Waals surface area contributed by atoms with Crippen LogP contribution in [0.3, 0.4) is 0 Å². The highest BCUT2D eigenvalue weighted by Gasteiger charge is 2.27. The van der Waals surface area contributed by atoms with Crippen molar-refractivity contribution in [1.82, 2.24) is 10.6 Å². The molecule has 10 nitrogen and oxygen atoms in total. The Kier molecular flexibility index (Phi) is 19.7. The Bertz CT molecular complexity index is 794. The molecule has 1 amide bonds. The average Bonchev–Trinajstić information content (AvgIpc) is 2.90. The number of carbonyl (C=O) groups excluding carboxylic acids is 1. The van der Waals surface area contributed by atoms with Crippen LogP contribution in [0.25, 0.3) is 0 Å². The van der Waals surface area contributed by atoms with E-state index in [1.165, 1.54) is 0 Å². The summed E-state index contributed by atoms with van der Waals surface area (Å²) in [5.41, 5.74) is 0.470. The van der Waals surface area contributed by atoms with Gasteiger partial charge in [0.15, 0.2) is 4.93 Å². The predicted molar refractivity (Wildman–Crippen MR) is 149 cm³/mol. The molecule has 0 aliphatic heterocycles. The van der Waals surface area contributed by atoms with Gasteiger partial charge in [-0.1, -0.05) is 19.9 Å². The first-order valence-electron chi connectivity index (χ1n) is 13.2. The Labute approximate surface area is 232 Å². The van der Waals surface area contributed by atoms with Gasteiger partial charge in [-0.2, -0.15) is 5.26 Å². The summed E-state index contributed by atoms with van der Waals surface area (Å²) in [6, 6.07) is 7.37. The topological polar surface area (TPSA) is 120 Å². The molecule has 1 rings (SSSR count). The molecule has 1 unspecified atom stereocenters. The SMILES string of the molecule is CCOCCOC(C)(COc1cccc(C(=O)NCCOCCOCCOCCCNC(C)C)c1)SC#N. The molecule has 216 valence electrons. The van der Waals surface area contributed by atoms with Crippen LogP contribution in [-0.2, 0) is 23.7 Å². The van der Waals surface area contributed by atoms with Crippen molar-refractivity contribution in [2.45, 2.75) is 45.1 Å². The van der Waals surface area contributed by atoms with E-state index in [4.69, 9.17) is 33.7 Å². The third-order valence-electron chi connectivity index (χ3n) is 4.99. The van der Waals surface area contributed by atoms with E-state index in [2.05, 4.69) is 29.9 Å². The second kappa shape index (κ2) is 22.0. The van der Waals surface area contributed by atoms with Crippen molar-refractivity contribution in [2.24, 2.45) is 0 Å². The maximum Gasteiger partial charge on any atom is 0.251 e. The highest BCUT2D eigenvalue weighted by Crippen LogP contribution is 2.27. The number of benzene rings is 1. The van der Waals surface area contributed by atoms with Crippen molar-refractivity contribution in [3.8, 4) is 11.2 Å². The molecule has 11 heteroatoms. The average molecular weight is 556 g/mol. The smallest absolute Gasteiger partial charge is 0.251 e. The van der Waals surface area contributed by atoms with Crippen LogP contribution in [0.4, 0.5) is 0 Å².